The van der Waals surface area contributed by atoms with Gasteiger partial charge in [-0.05, 0) is 41.7 Å². The Bertz CT molecular complexity index is 507. The molecule has 0 fully saturated rings. The fourth-order valence-electron chi connectivity index (χ4n) is 2.26. The van der Waals surface area contributed by atoms with E-state index in [0.29, 0.717) is 19.4 Å². The summed E-state index contributed by atoms with van der Waals surface area (Å²) in [6, 6.07) is 0. The van der Waals surface area contributed by atoms with Crippen LogP contribution in [0.1, 0.15) is 24.0 Å². The molecule has 1 aromatic heterocycles. The molecule has 0 bridgehead atoms. The van der Waals surface area contributed by atoms with Crippen molar-refractivity contribution in [2.45, 2.75) is 26.3 Å². The lowest BCUT2D eigenvalue weighted by Crippen LogP contribution is -2.38. The molecule has 2 atom stereocenters. The fraction of sp³-hybridized carbons (Fsp3) is 0.429. The minimum absolute atomic E-state index is 0.164. The van der Waals surface area contributed by atoms with Gasteiger partial charge in [0, 0.05) is 6.54 Å². The summed E-state index contributed by atoms with van der Waals surface area (Å²) in [5.41, 5.74) is 2.25. The van der Waals surface area contributed by atoms with E-state index in [1.807, 2.05) is 29.8 Å². The van der Waals surface area contributed by atoms with Crippen molar-refractivity contribution >= 4 is 23.2 Å². The summed E-state index contributed by atoms with van der Waals surface area (Å²) >= 11 is 1.60. The predicted octanol–water partition coefficient (Wildman–Crippen LogP) is 2.34. The molecule has 0 spiro atoms. The molecule has 0 aliphatic heterocycles. The number of hydrogen-bond donors (Lipinski definition) is 2. The van der Waals surface area contributed by atoms with Crippen molar-refractivity contribution in [3.05, 3.63) is 34.0 Å². The average molecular weight is 279 g/mol. The third kappa shape index (κ3) is 3.23. The fourth-order valence-corrected chi connectivity index (χ4v) is 3.12. The van der Waals surface area contributed by atoms with Crippen molar-refractivity contribution < 1.29 is 14.7 Å². The van der Waals surface area contributed by atoms with Gasteiger partial charge in [0.1, 0.15) is 0 Å². The molecule has 2 N–H and O–H groups in total. The number of nitrogens with one attached hydrogen (secondary N) is 1. The van der Waals surface area contributed by atoms with Gasteiger partial charge in [0.2, 0.25) is 5.91 Å². The molecule has 5 heteroatoms. The van der Waals surface area contributed by atoms with Crippen LogP contribution in [0.3, 0.4) is 0 Å². The second kappa shape index (κ2) is 6.02. The summed E-state index contributed by atoms with van der Waals surface area (Å²) in [6.45, 7) is 2.47. The molecule has 2 rings (SSSR count). The third-order valence-electron chi connectivity index (χ3n) is 3.50. The van der Waals surface area contributed by atoms with E-state index in [2.05, 4.69) is 5.32 Å². The highest BCUT2D eigenvalue weighted by Crippen LogP contribution is 2.26. The van der Waals surface area contributed by atoms with Crippen LogP contribution in [0.4, 0.5) is 0 Å². The zero-order valence-electron chi connectivity index (χ0n) is 10.8. The number of aryl methyl sites for hydroxylation is 1. The van der Waals surface area contributed by atoms with E-state index >= 15 is 0 Å². The Morgan fingerprint density at radius 2 is 2.00 bits per heavy atom. The van der Waals surface area contributed by atoms with Crippen LogP contribution in [0.15, 0.2) is 22.9 Å². The van der Waals surface area contributed by atoms with Gasteiger partial charge in [0.15, 0.2) is 0 Å². The molecule has 1 aliphatic carbocycles. The molecule has 1 aliphatic rings. The lowest BCUT2D eigenvalue weighted by atomic mass is 9.82. The van der Waals surface area contributed by atoms with Crippen molar-refractivity contribution in [1.29, 1.82) is 0 Å². The van der Waals surface area contributed by atoms with Crippen LogP contribution in [0.5, 0.6) is 0 Å². The van der Waals surface area contributed by atoms with Crippen LogP contribution in [0.2, 0.25) is 0 Å². The van der Waals surface area contributed by atoms with Gasteiger partial charge in [-0.3, -0.25) is 9.59 Å². The Labute approximate surface area is 116 Å². The molecule has 0 unspecified atom stereocenters. The minimum atomic E-state index is -0.892. The van der Waals surface area contributed by atoms with Crippen LogP contribution in [0.25, 0.3) is 0 Å². The van der Waals surface area contributed by atoms with E-state index in [-0.39, 0.29) is 5.91 Å². The number of allylic oxidation sites excluding steroid dienone is 2. The number of hydrogen-bond acceptors (Lipinski definition) is 3. The van der Waals surface area contributed by atoms with Crippen LogP contribution in [0, 0.1) is 18.8 Å². The highest BCUT2D eigenvalue weighted by Gasteiger charge is 2.33. The third-order valence-corrected chi connectivity index (χ3v) is 4.41. The average Bonchev–Trinajstić information content (AvgIpc) is 2.81. The van der Waals surface area contributed by atoms with Crippen LogP contribution in [-0.2, 0) is 16.1 Å². The molecule has 19 heavy (non-hydrogen) atoms. The summed E-state index contributed by atoms with van der Waals surface area (Å²) in [5, 5.41) is 16.0. The largest absolute Gasteiger partial charge is 0.481 e. The number of rotatable bonds is 4. The smallest absolute Gasteiger partial charge is 0.307 e. The van der Waals surface area contributed by atoms with Crippen molar-refractivity contribution in [1.82, 2.24) is 5.32 Å². The highest BCUT2D eigenvalue weighted by molar-refractivity contribution is 7.08. The van der Waals surface area contributed by atoms with Gasteiger partial charge < -0.3 is 10.4 Å². The van der Waals surface area contributed by atoms with E-state index in [1.54, 1.807) is 11.3 Å². The van der Waals surface area contributed by atoms with Crippen LogP contribution in [-0.4, -0.2) is 17.0 Å². The molecule has 1 heterocycles. The zero-order valence-corrected chi connectivity index (χ0v) is 11.6. The Balaban J connectivity index is 1.97. The lowest BCUT2D eigenvalue weighted by molar-refractivity contribution is -0.147. The first-order chi connectivity index (χ1) is 9.09. The van der Waals surface area contributed by atoms with Crippen molar-refractivity contribution in [3.63, 3.8) is 0 Å². The van der Waals surface area contributed by atoms with Gasteiger partial charge in [-0.15, -0.1) is 0 Å². The van der Waals surface area contributed by atoms with E-state index in [0.717, 1.165) is 11.1 Å². The zero-order chi connectivity index (χ0) is 13.8. The summed E-state index contributed by atoms with van der Waals surface area (Å²) < 4.78 is 0. The molecule has 4 nitrogen and oxygen atoms in total. The first-order valence-electron chi connectivity index (χ1n) is 6.26. The summed E-state index contributed by atoms with van der Waals surface area (Å²) in [5.74, 6) is -2.12. The van der Waals surface area contributed by atoms with Crippen molar-refractivity contribution in [3.8, 4) is 0 Å². The summed E-state index contributed by atoms with van der Waals surface area (Å²) in [7, 11) is 0. The Morgan fingerprint density at radius 3 is 2.58 bits per heavy atom. The normalized spacial score (nSPS) is 22.2. The molecule has 0 aromatic carbocycles. The first-order valence-corrected chi connectivity index (χ1v) is 7.21. The number of amides is 1. The van der Waals surface area contributed by atoms with Gasteiger partial charge in [0.05, 0.1) is 11.8 Å². The Kier molecular flexibility index (Phi) is 4.37. The maximum absolute atomic E-state index is 12.1. The van der Waals surface area contributed by atoms with Crippen LogP contribution >= 0.6 is 11.3 Å². The van der Waals surface area contributed by atoms with Gasteiger partial charge in [-0.1, -0.05) is 12.2 Å². The van der Waals surface area contributed by atoms with Crippen molar-refractivity contribution in [2.24, 2.45) is 11.8 Å². The SMILES string of the molecule is Cc1cscc1CNC(=O)[C@@H]1CC=CC[C@@H]1C(=O)O. The van der Waals surface area contributed by atoms with Gasteiger partial charge in [-0.2, -0.15) is 11.3 Å². The summed E-state index contributed by atoms with van der Waals surface area (Å²) in [4.78, 5) is 23.3. The van der Waals surface area contributed by atoms with Gasteiger partial charge in [-0.25, -0.2) is 0 Å². The van der Waals surface area contributed by atoms with Crippen molar-refractivity contribution in [2.75, 3.05) is 0 Å². The minimum Gasteiger partial charge on any atom is -0.481 e. The number of carboxylic acids is 1. The molecule has 1 amide bonds. The summed E-state index contributed by atoms with van der Waals surface area (Å²) in [6.07, 6.45) is 4.67. The number of thiophene rings is 1. The molecular weight excluding hydrogens is 262 g/mol. The van der Waals surface area contributed by atoms with E-state index < -0.39 is 17.8 Å². The topological polar surface area (TPSA) is 66.4 Å². The van der Waals surface area contributed by atoms with Gasteiger partial charge >= 0.3 is 5.97 Å². The second-order valence-corrected chi connectivity index (χ2v) is 5.54. The predicted molar refractivity (Wildman–Crippen MR) is 73.9 cm³/mol. The molecule has 0 radical (unpaired) electrons. The van der Waals surface area contributed by atoms with E-state index in [4.69, 9.17) is 5.11 Å². The molecular formula is C14H17NO3S. The first kappa shape index (κ1) is 13.8. The quantitative estimate of drug-likeness (QED) is 0.831. The van der Waals surface area contributed by atoms with E-state index in [1.165, 1.54) is 0 Å². The number of carbonyl (C=O) groups excluding carboxylic acids is 1. The van der Waals surface area contributed by atoms with Crippen LogP contribution < -0.4 is 5.32 Å². The Morgan fingerprint density at radius 1 is 1.32 bits per heavy atom. The maximum Gasteiger partial charge on any atom is 0.307 e. The standard InChI is InChI=1S/C14H17NO3S/c1-9-7-19-8-10(9)6-15-13(16)11-4-2-3-5-12(11)14(17)18/h2-3,7-8,11-12H,4-6H2,1H3,(H,15,16)(H,17,18)/t11-,12+/m1/s1. The van der Waals surface area contributed by atoms with E-state index in [9.17, 15) is 9.59 Å². The Hall–Kier alpha value is -1.62. The molecule has 1 aromatic rings. The molecule has 102 valence electrons. The lowest BCUT2D eigenvalue weighted by Gasteiger charge is -2.24. The van der Waals surface area contributed by atoms with Gasteiger partial charge in [0.25, 0.3) is 0 Å². The number of carboxylic acid groups (broad SMARTS) is 1. The number of aliphatic carboxylic acids is 1. The number of carbonyl (C=O) groups is 2. The highest BCUT2D eigenvalue weighted by atomic mass is 32.1. The monoisotopic (exact) mass is 279 g/mol. The molecule has 0 saturated carbocycles. The molecule has 0 saturated heterocycles. The maximum atomic E-state index is 12.1. The second-order valence-electron chi connectivity index (χ2n) is 4.79.